The molecule has 0 saturated carbocycles. The van der Waals surface area contributed by atoms with Crippen molar-refractivity contribution in [2.75, 3.05) is 19.8 Å². The fourth-order valence-corrected chi connectivity index (χ4v) is 1.20. The fourth-order valence-electron chi connectivity index (χ4n) is 1.20. The van der Waals surface area contributed by atoms with Crippen molar-refractivity contribution in [3.63, 3.8) is 0 Å². The predicted molar refractivity (Wildman–Crippen MR) is 58.3 cm³/mol. The van der Waals surface area contributed by atoms with Gasteiger partial charge in [-0.05, 0) is 11.8 Å². The van der Waals surface area contributed by atoms with Gasteiger partial charge in [-0.25, -0.2) is 0 Å². The third kappa shape index (κ3) is 8.97. The zero-order chi connectivity index (χ0) is 12.8. The quantitative estimate of drug-likeness (QED) is 0.740. The van der Waals surface area contributed by atoms with Gasteiger partial charge in [-0.2, -0.15) is 13.2 Å². The van der Waals surface area contributed by atoms with Crippen LogP contribution in [0.5, 0.6) is 0 Å². The summed E-state index contributed by atoms with van der Waals surface area (Å²) in [7, 11) is 0. The van der Waals surface area contributed by atoms with Crippen LogP contribution in [-0.2, 0) is 4.74 Å². The van der Waals surface area contributed by atoms with Crippen molar-refractivity contribution in [3.05, 3.63) is 0 Å². The van der Waals surface area contributed by atoms with Crippen LogP contribution in [0.2, 0.25) is 0 Å². The van der Waals surface area contributed by atoms with Crippen LogP contribution in [0.25, 0.3) is 0 Å². The Labute approximate surface area is 95.5 Å². The molecule has 0 aliphatic rings. The van der Waals surface area contributed by atoms with Gasteiger partial charge in [0.2, 0.25) is 0 Å². The summed E-state index contributed by atoms with van der Waals surface area (Å²) in [6, 6.07) is 0.337. The van der Waals surface area contributed by atoms with Gasteiger partial charge in [0.25, 0.3) is 0 Å². The zero-order valence-electron chi connectivity index (χ0n) is 10.4. The van der Waals surface area contributed by atoms with Crippen molar-refractivity contribution in [2.45, 2.75) is 39.9 Å². The number of rotatable bonds is 7. The molecule has 0 aromatic carbocycles. The van der Waals surface area contributed by atoms with Crippen molar-refractivity contribution in [3.8, 4) is 0 Å². The number of alkyl halides is 3. The standard InChI is InChI=1S/C11H22F3NO/c1-8(2)10(5-15-9(3)4)6-16-7-11(12,13)14/h8-10,15H,5-7H2,1-4H3. The SMILES string of the molecule is CC(C)NCC(COCC(F)(F)F)C(C)C. The van der Waals surface area contributed by atoms with Gasteiger partial charge >= 0.3 is 6.18 Å². The van der Waals surface area contributed by atoms with Crippen molar-refractivity contribution in [1.29, 1.82) is 0 Å². The number of nitrogens with one attached hydrogen (secondary N) is 1. The van der Waals surface area contributed by atoms with E-state index in [1.165, 1.54) is 0 Å². The van der Waals surface area contributed by atoms with E-state index in [2.05, 4.69) is 10.1 Å². The van der Waals surface area contributed by atoms with Crippen molar-refractivity contribution in [1.82, 2.24) is 5.32 Å². The van der Waals surface area contributed by atoms with E-state index in [1.54, 1.807) is 0 Å². The topological polar surface area (TPSA) is 21.3 Å². The second kappa shape index (κ2) is 7.12. The molecule has 16 heavy (non-hydrogen) atoms. The summed E-state index contributed by atoms with van der Waals surface area (Å²) in [6.07, 6.45) is -4.23. The third-order valence-corrected chi connectivity index (χ3v) is 2.33. The van der Waals surface area contributed by atoms with Crippen molar-refractivity contribution >= 4 is 0 Å². The van der Waals surface area contributed by atoms with Crippen LogP contribution in [0.15, 0.2) is 0 Å². The van der Waals surface area contributed by atoms with E-state index in [0.29, 0.717) is 18.5 Å². The van der Waals surface area contributed by atoms with E-state index < -0.39 is 12.8 Å². The van der Waals surface area contributed by atoms with Crippen LogP contribution in [-0.4, -0.2) is 32.0 Å². The van der Waals surface area contributed by atoms with Gasteiger partial charge in [0.1, 0.15) is 6.61 Å². The second-order valence-electron chi connectivity index (χ2n) is 4.70. The highest BCUT2D eigenvalue weighted by Crippen LogP contribution is 2.17. The molecule has 0 aliphatic carbocycles. The third-order valence-electron chi connectivity index (χ3n) is 2.33. The highest BCUT2D eigenvalue weighted by Gasteiger charge is 2.28. The maximum Gasteiger partial charge on any atom is 0.411 e. The Kier molecular flexibility index (Phi) is 6.99. The van der Waals surface area contributed by atoms with Gasteiger partial charge in [0.05, 0.1) is 6.61 Å². The van der Waals surface area contributed by atoms with Crippen LogP contribution >= 0.6 is 0 Å². The molecule has 0 radical (unpaired) electrons. The normalized spacial score (nSPS) is 14.8. The lowest BCUT2D eigenvalue weighted by Gasteiger charge is -2.23. The Hall–Kier alpha value is -0.290. The molecule has 0 fully saturated rings. The average Bonchev–Trinajstić information content (AvgIpc) is 2.07. The molecule has 0 amide bonds. The molecule has 0 bridgehead atoms. The largest absolute Gasteiger partial charge is 0.411 e. The second-order valence-corrected chi connectivity index (χ2v) is 4.70. The van der Waals surface area contributed by atoms with Gasteiger partial charge < -0.3 is 10.1 Å². The van der Waals surface area contributed by atoms with E-state index in [4.69, 9.17) is 0 Å². The maximum atomic E-state index is 11.9. The Balaban J connectivity index is 3.86. The Bertz CT molecular complexity index is 181. The molecular formula is C11H22F3NO. The lowest BCUT2D eigenvalue weighted by Crippen LogP contribution is -2.34. The van der Waals surface area contributed by atoms with Gasteiger partial charge in [0, 0.05) is 12.6 Å². The maximum absolute atomic E-state index is 11.9. The summed E-state index contributed by atoms with van der Waals surface area (Å²) in [4.78, 5) is 0. The molecule has 2 nitrogen and oxygen atoms in total. The minimum atomic E-state index is -4.23. The molecule has 0 aliphatic heterocycles. The summed E-state index contributed by atoms with van der Waals surface area (Å²) < 4.78 is 40.3. The smallest absolute Gasteiger partial charge is 0.372 e. The fraction of sp³-hybridized carbons (Fsp3) is 1.00. The lowest BCUT2D eigenvalue weighted by molar-refractivity contribution is -0.177. The van der Waals surface area contributed by atoms with Crippen LogP contribution in [0.3, 0.4) is 0 Å². The molecule has 98 valence electrons. The van der Waals surface area contributed by atoms with Crippen LogP contribution in [0.4, 0.5) is 13.2 Å². The Morgan fingerprint density at radius 2 is 1.69 bits per heavy atom. The summed E-state index contributed by atoms with van der Waals surface area (Å²) in [6.45, 7) is 7.68. The first kappa shape index (κ1) is 15.7. The van der Waals surface area contributed by atoms with Gasteiger partial charge in [-0.3, -0.25) is 0 Å². The lowest BCUT2D eigenvalue weighted by atomic mass is 9.96. The minimum absolute atomic E-state index is 0.116. The highest BCUT2D eigenvalue weighted by molar-refractivity contribution is 4.67. The molecule has 1 unspecified atom stereocenters. The molecule has 0 aromatic rings. The van der Waals surface area contributed by atoms with E-state index >= 15 is 0 Å². The molecule has 5 heteroatoms. The van der Waals surface area contributed by atoms with Crippen LogP contribution in [0, 0.1) is 11.8 Å². The molecule has 0 aromatic heterocycles. The first-order valence-corrected chi connectivity index (χ1v) is 5.60. The van der Waals surface area contributed by atoms with E-state index in [9.17, 15) is 13.2 Å². The van der Waals surface area contributed by atoms with Gasteiger partial charge in [0.15, 0.2) is 0 Å². The Morgan fingerprint density at radius 1 is 1.12 bits per heavy atom. The molecule has 0 spiro atoms. The van der Waals surface area contributed by atoms with Crippen molar-refractivity contribution < 1.29 is 17.9 Å². The predicted octanol–water partition coefficient (Wildman–Crippen LogP) is 2.84. The van der Waals surface area contributed by atoms with Crippen molar-refractivity contribution in [2.24, 2.45) is 11.8 Å². The zero-order valence-corrected chi connectivity index (χ0v) is 10.4. The number of ether oxygens (including phenoxy) is 1. The molecular weight excluding hydrogens is 219 g/mol. The van der Waals surface area contributed by atoms with E-state index in [-0.39, 0.29) is 12.5 Å². The van der Waals surface area contributed by atoms with Crippen LogP contribution < -0.4 is 5.32 Å². The first-order valence-electron chi connectivity index (χ1n) is 5.60. The number of hydrogen-bond acceptors (Lipinski definition) is 2. The monoisotopic (exact) mass is 241 g/mol. The molecule has 1 N–H and O–H groups in total. The van der Waals surface area contributed by atoms with E-state index in [0.717, 1.165) is 0 Å². The molecule has 0 saturated heterocycles. The number of halogens is 3. The summed E-state index contributed by atoms with van der Waals surface area (Å²) >= 11 is 0. The highest BCUT2D eigenvalue weighted by atomic mass is 19.4. The molecule has 0 rings (SSSR count). The van der Waals surface area contributed by atoms with E-state index in [1.807, 2.05) is 27.7 Å². The molecule has 1 atom stereocenters. The minimum Gasteiger partial charge on any atom is -0.372 e. The summed E-state index contributed by atoms with van der Waals surface area (Å²) in [5.74, 6) is 0.421. The van der Waals surface area contributed by atoms with Crippen LogP contribution in [0.1, 0.15) is 27.7 Å². The Morgan fingerprint density at radius 3 is 2.06 bits per heavy atom. The average molecular weight is 241 g/mol. The van der Waals surface area contributed by atoms with Gasteiger partial charge in [-0.1, -0.05) is 27.7 Å². The number of hydrogen-bond donors (Lipinski definition) is 1. The first-order chi connectivity index (χ1) is 7.22. The van der Waals surface area contributed by atoms with Gasteiger partial charge in [-0.15, -0.1) is 0 Å². The summed E-state index contributed by atoms with van der Waals surface area (Å²) in [5, 5.41) is 3.21. The summed E-state index contributed by atoms with van der Waals surface area (Å²) in [5.41, 5.74) is 0. The molecule has 0 heterocycles.